The van der Waals surface area contributed by atoms with Crippen LogP contribution < -0.4 is 10.1 Å². The van der Waals surface area contributed by atoms with E-state index in [0.29, 0.717) is 12.3 Å². The Labute approximate surface area is 188 Å². The van der Waals surface area contributed by atoms with Crippen LogP contribution in [-0.4, -0.2) is 66.8 Å². The zero-order valence-electron chi connectivity index (χ0n) is 17.1. The number of aryl methyl sites for hydroxylation is 1. The Balaban J connectivity index is 0.00000300. The van der Waals surface area contributed by atoms with Gasteiger partial charge in [-0.2, -0.15) is 0 Å². The number of halogens is 2. The Bertz CT molecular complexity index is 775. The predicted octanol–water partition coefficient (Wildman–Crippen LogP) is 2.90. The Morgan fingerprint density at radius 3 is 2.55 bits per heavy atom. The summed E-state index contributed by atoms with van der Waals surface area (Å²) in [5, 5.41) is 7.44. The smallest absolute Gasteiger partial charge is 0.193 e. The third-order valence-electron chi connectivity index (χ3n) is 4.64. The molecule has 1 aliphatic rings. The minimum Gasteiger partial charge on any atom is -0.489 e. The van der Waals surface area contributed by atoms with Gasteiger partial charge in [0.2, 0.25) is 0 Å². The predicted molar refractivity (Wildman–Crippen MR) is 121 cm³/mol. The van der Waals surface area contributed by atoms with Crippen LogP contribution >= 0.6 is 24.0 Å². The first-order chi connectivity index (χ1) is 13.5. The van der Waals surface area contributed by atoms with Crippen molar-refractivity contribution < 1.29 is 13.7 Å². The van der Waals surface area contributed by atoms with E-state index in [4.69, 9.17) is 9.26 Å². The summed E-state index contributed by atoms with van der Waals surface area (Å²) in [6, 6.07) is 8.05. The van der Waals surface area contributed by atoms with Crippen molar-refractivity contribution in [2.45, 2.75) is 26.5 Å². The van der Waals surface area contributed by atoms with E-state index in [2.05, 4.69) is 25.3 Å². The number of aliphatic imine (C=N–C) groups is 1. The molecular weight excluding hydrogens is 488 g/mol. The molecule has 1 aromatic carbocycles. The van der Waals surface area contributed by atoms with Crippen molar-refractivity contribution in [2.75, 3.05) is 39.8 Å². The van der Waals surface area contributed by atoms with Crippen molar-refractivity contribution in [2.24, 2.45) is 4.99 Å². The van der Waals surface area contributed by atoms with Crippen molar-refractivity contribution >= 4 is 29.9 Å². The molecule has 1 saturated heterocycles. The van der Waals surface area contributed by atoms with E-state index in [1.165, 1.54) is 12.1 Å². The lowest BCUT2D eigenvalue weighted by Crippen LogP contribution is -2.53. The van der Waals surface area contributed by atoms with Crippen LogP contribution in [0.4, 0.5) is 4.39 Å². The quantitative estimate of drug-likeness (QED) is 0.361. The molecule has 7 nitrogen and oxygen atoms in total. The van der Waals surface area contributed by atoms with Gasteiger partial charge in [0, 0.05) is 45.8 Å². The van der Waals surface area contributed by atoms with Gasteiger partial charge >= 0.3 is 0 Å². The summed E-state index contributed by atoms with van der Waals surface area (Å²) in [5.74, 6) is 2.10. The fraction of sp³-hybridized carbons (Fsp3) is 0.500. The molecule has 0 spiro atoms. The van der Waals surface area contributed by atoms with Gasteiger partial charge in [-0.15, -0.1) is 24.0 Å². The lowest BCUT2D eigenvalue weighted by Gasteiger charge is -2.36. The highest BCUT2D eigenvalue weighted by Crippen LogP contribution is 2.13. The van der Waals surface area contributed by atoms with Crippen molar-refractivity contribution in [1.29, 1.82) is 0 Å². The van der Waals surface area contributed by atoms with Gasteiger partial charge in [0.1, 0.15) is 23.4 Å². The average Bonchev–Trinajstić information content (AvgIpc) is 3.10. The van der Waals surface area contributed by atoms with Gasteiger partial charge in [-0.1, -0.05) is 5.16 Å². The first-order valence-corrected chi connectivity index (χ1v) is 9.56. The maximum Gasteiger partial charge on any atom is 0.193 e. The van der Waals surface area contributed by atoms with Crippen LogP contribution in [0.3, 0.4) is 0 Å². The molecule has 0 radical (unpaired) electrons. The molecule has 0 aliphatic carbocycles. The van der Waals surface area contributed by atoms with E-state index in [9.17, 15) is 4.39 Å². The zero-order valence-corrected chi connectivity index (χ0v) is 19.4. The van der Waals surface area contributed by atoms with Crippen LogP contribution in [0.25, 0.3) is 0 Å². The molecule has 1 aromatic heterocycles. The number of nitrogens with one attached hydrogen (secondary N) is 1. The zero-order chi connectivity index (χ0) is 19.9. The fourth-order valence-corrected chi connectivity index (χ4v) is 3.19. The van der Waals surface area contributed by atoms with Crippen LogP contribution in [0.15, 0.2) is 39.8 Å². The SMILES string of the molecule is CN=C(NCC(C)Oc1ccc(F)cc1)N1CCN(Cc2cc(C)on2)CC1.I. The summed E-state index contributed by atoms with van der Waals surface area (Å²) in [6.45, 7) is 8.96. The van der Waals surface area contributed by atoms with Crippen molar-refractivity contribution in [3.8, 4) is 5.75 Å². The number of piperazine rings is 1. The Morgan fingerprint density at radius 1 is 1.28 bits per heavy atom. The number of aromatic nitrogens is 1. The van der Waals surface area contributed by atoms with Gasteiger partial charge in [-0.05, 0) is 38.1 Å². The number of hydrogen-bond donors (Lipinski definition) is 1. The van der Waals surface area contributed by atoms with E-state index in [-0.39, 0.29) is 35.9 Å². The van der Waals surface area contributed by atoms with Gasteiger partial charge in [0.25, 0.3) is 0 Å². The Morgan fingerprint density at radius 2 is 1.97 bits per heavy atom. The molecule has 1 unspecified atom stereocenters. The van der Waals surface area contributed by atoms with E-state index in [1.54, 1.807) is 19.2 Å². The van der Waals surface area contributed by atoms with E-state index < -0.39 is 0 Å². The Kier molecular flexibility index (Phi) is 9.15. The monoisotopic (exact) mass is 517 g/mol. The summed E-state index contributed by atoms with van der Waals surface area (Å²) < 4.78 is 23.9. The van der Waals surface area contributed by atoms with Gasteiger partial charge in [-0.3, -0.25) is 9.89 Å². The summed E-state index contributed by atoms with van der Waals surface area (Å²) >= 11 is 0. The van der Waals surface area contributed by atoms with Crippen LogP contribution in [0.5, 0.6) is 5.75 Å². The fourth-order valence-electron chi connectivity index (χ4n) is 3.19. The second-order valence-electron chi connectivity index (χ2n) is 7.00. The van der Waals surface area contributed by atoms with Crippen LogP contribution in [0, 0.1) is 12.7 Å². The highest BCUT2D eigenvalue weighted by atomic mass is 127. The molecule has 0 saturated carbocycles. The topological polar surface area (TPSA) is 66.1 Å². The van der Waals surface area contributed by atoms with Crippen molar-refractivity contribution in [1.82, 2.24) is 20.3 Å². The van der Waals surface area contributed by atoms with Crippen LogP contribution in [0.2, 0.25) is 0 Å². The molecule has 3 rings (SSSR count). The molecule has 0 bridgehead atoms. The number of guanidine groups is 1. The van der Waals surface area contributed by atoms with Crippen molar-refractivity contribution in [3.05, 3.63) is 47.6 Å². The molecule has 1 aliphatic heterocycles. The van der Waals surface area contributed by atoms with Crippen LogP contribution in [-0.2, 0) is 6.54 Å². The molecule has 1 atom stereocenters. The van der Waals surface area contributed by atoms with E-state index in [1.807, 2.05) is 19.9 Å². The molecule has 9 heteroatoms. The highest BCUT2D eigenvalue weighted by molar-refractivity contribution is 14.0. The summed E-state index contributed by atoms with van der Waals surface area (Å²) in [5.41, 5.74) is 0.972. The lowest BCUT2D eigenvalue weighted by molar-refractivity contribution is 0.167. The Hall–Kier alpha value is -1.88. The normalized spacial score (nSPS) is 16.3. The molecule has 160 valence electrons. The number of rotatable bonds is 6. The maximum atomic E-state index is 13.0. The molecule has 2 aromatic rings. The summed E-state index contributed by atoms with van der Waals surface area (Å²) in [7, 11) is 1.79. The van der Waals surface area contributed by atoms with E-state index in [0.717, 1.165) is 50.1 Å². The minimum absolute atomic E-state index is 0. The maximum absolute atomic E-state index is 13.0. The number of nitrogens with zero attached hydrogens (tertiary/aromatic N) is 4. The van der Waals surface area contributed by atoms with Gasteiger partial charge in [0.15, 0.2) is 5.96 Å². The third-order valence-corrected chi connectivity index (χ3v) is 4.64. The molecule has 29 heavy (non-hydrogen) atoms. The van der Waals surface area contributed by atoms with Crippen LogP contribution in [0.1, 0.15) is 18.4 Å². The number of ether oxygens (including phenoxy) is 1. The first-order valence-electron chi connectivity index (χ1n) is 9.56. The van der Waals surface area contributed by atoms with Crippen molar-refractivity contribution in [3.63, 3.8) is 0 Å². The minimum atomic E-state index is -0.267. The number of hydrogen-bond acceptors (Lipinski definition) is 5. The molecule has 0 amide bonds. The third kappa shape index (κ3) is 7.14. The molecule has 1 N–H and O–H groups in total. The van der Waals surface area contributed by atoms with Gasteiger partial charge in [-0.25, -0.2) is 4.39 Å². The second kappa shape index (κ2) is 11.3. The van der Waals surface area contributed by atoms with Gasteiger partial charge in [0.05, 0.1) is 12.2 Å². The number of benzene rings is 1. The van der Waals surface area contributed by atoms with E-state index >= 15 is 0 Å². The summed E-state index contributed by atoms with van der Waals surface area (Å²) in [4.78, 5) is 9.00. The average molecular weight is 517 g/mol. The second-order valence-corrected chi connectivity index (χ2v) is 7.00. The molecule has 1 fully saturated rings. The summed E-state index contributed by atoms with van der Waals surface area (Å²) in [6.07, 6.45) is -0.0705. The largest absolute Gasteiger partial charge is 0.489 e. The molecular formula is C20H29FIN5O2. The molecule has 2 heterocycles. The standard InChI is InChI=1S/C20H28FN5O2.HI/c1-15-12-18(24-28-15)14-25-8-10-26(11-9-25)20(22-3)23-13-16(2)27-19-6-4-17(21)5-7-19;/h4-7,12,16H,8-11,13-14H2,1-3H3,(H,22,23);1H. The first kappa shape index (κ1) is 23.4. The lowest BCUT2D eigenvalue weighted by atomic mass is 10.3. The highest BCUT2D eigenvalue weighted by Gasteiger charge is 2.21. The van der Waals surface area contributed by atoms with Gasteiger partial charge < -0.3 is 19.5 Å².